The lowest BCUT2D eigenvalue weighted by Crippen LogP contribution is -2.12. The molecule has 0 unspecified atom stereocenters. The molecule has 0 saturated heterocycles. The predicted octanol–water partition coefficient (Wildman–Crippen LogP) is 6.30. The maximum Gasteiger partial charge on any atom is 0.342 e. The Balaban J connectivity index is 1.95. The summed E-state index contributed by atoms with van der Waals surface area (Å²) in [5.74, 6) is 0.702. The SMILES string of the molecule is Cc1oc2cc(Br)c(OCc3ccccc3Cl)cc2c1C(=O)OC(C)C. The van der Waals surface area contributed by atoms with Gasteiger partial charge in [-0.15, -0.1) is 0 Å². The number of ether oxygens (including phenoxy) is 2. The first-order chi connectivity index (χ1) is 12.4. The quantitative estimate of drug-likeness (QED) is 0.439. The number of carbonyl (C=O) groups is 1. The Morgan fingerprint density at radius 1 is 1.27 bits per heavy atom. The van der Waals surface area contributed by atoms with Crippen LogP contribution < -0.4 is 4.74 Å². The summed E-state index contributed by atoms with van der Waals surface area (Å²) in [6, 6.07) is 11.1. The van der Waals surface area contributed by atoms with Crippen molar-refractivity contribution in [3.05, 3.63) is 62.8 Å². The zero-order valence-corrected chi connectivity index (χ0v) is 17.0. The van der Waals surface area contributed by atoms with Crippen LogP contribution in [0.5, 0.6) is 5.75 Å². The van der Waals surface area contributed by atoms with Crippen molar-refractivity contribution in [1.82, 2.24) is 0 Å². The highest BCUT2D eigenvalue weighted by Crippen LogP contribution is 2.36. The van der Waals surface area contributed by atoms with Gasteiger partial charge in [0.15, 0.2) is 0 Å². The highest BCUT2D eigenvalue weighted by Gasteiger charge is 2.22. The molecule has 26 heavy (non-hydrogen) atoms. The van der Waals surface area contributed by atoms with E-state index in [-0.39, 0.29) is 6.10 Å². The van der Waals surface area contributed by atoms with Crippen molar-refractivity contribution in [2.45, 2.75) is 33.5 Å². The lowest BCUT2D eigenvalue weighted by atomic mass is 10.1. The van der Waals surface area contributed by atoms with Crippen molar-refractivity contribution in [1.29, 1.82) is 0 Å². The first kappa shape index (κ1) is 18.8. The van der Waals surface area contributed by atoms with Crippen LogP contribution >= 0.6 is 27.5 Å². The lowest BCUT2D eigenvalue weighted by Gasteiger charge is -2.10. The summed E-state index contributed by atoms with van der Waals surface area (Å²) in [5, 5.41) is 1.30. The van der Waals surface area contributed by atoms with E-state index < -0.39 is 5.97 Å². The Morgan fingerprint density at radius 3 is 2.69 bits per heavy atom. The van der Waals surface area contributed by atoms with Crippen LogP contribution in [0.3, 0.4) is 0 Å². The number of hydrogen-bond donors (Lipinski definition) is 0. The third-order valence-corrected chi connectivity index (χ3v) is 4.79. The van der Waals surface area contributed by atoms with Crippen LogP contribution in [0.4, 0.5) is 0 Å². The fourth-order valence-electron chi connectivity index (χ4n) is 2.63. The Morgan fingerprint density at radius 2 is 2.00 bits per heavy atom. The smallest absolute Gasteiger partial charge is 0.342 e. The van der Waals surface area contributed by atoms with Gasteiger partial charge in [0.2, 0.25) is 0 Å². The molecular formula is C20H18BrClO4. The molecule has 0 fully saturated rings. The molecule has 0 N–H and O–H groups in total. The molecular weight excluding hydrogens is 420 g/mol. The number of aryl methyl sites for hydroxylation is 1. The van der Waals surface area contributed by atoms with Crippen LogP contribution in [0, 0.1) is 6.92 Å². The minimum absolute atomic E-state index is 0.210. The standard InChI is InChI=1S/C20H18BrClO4/c1-11(2)25-20(23)19-12(3)26-17-9-15(21)18(8-14(17)19)24-10-13-6-4-5-7-16(13)22/h4-9,11H,10H2,1-3H3. The van der Waals surface area contributed by atoms with Gasteiger partial charge in [0.05, 0.1) is 10.6 Å². The van der Waals surface area contributed by atoms with Gasteiger partial charge in [-0.25, -0.2) is 4.79 Å². The van der Waals surface area contributed by atoms with Gasteiger partial charge in [0.1, 0.15) is 29.3 Å². The highest BCUT2D eigenvalue weighted by atomic mass is 79.9. The van der Waals surface area contributed by atoms with Crippen molar-refractivity contribution in [3.63, 3.8) is 0 Å². The van der Waals surface area contributed by atoms with Crippen LogP contribution in [-0.4, -0.2) is 12.1 Å². The van der Waals surface area contributed by atoms with Crippen LogP contribution in [-0.2, 0) is 11.3 Å². The van der Waals surface area contributed by atoms with Gasteiger partial charge in [-0.1, -0.05) is 29.8 Å². The van der Waals surface area contributed by atoms with Gasteiger partial charge in [0.25, 0.3) is 0 Å². The summed E-state index contributed by atoms with van der Waals surface area (Å²) in [4.78, 5) is 12.4. The average molecular weight is 438 g/mol. The molecule has 3 rings (SSSR count). The fraction of sp³-hybridized carbons (Fsp3) is 0.250. The fourth-order valence-corrected chi connectivity index (χ4v) is 3.26. The molecule has 0 amide bonds. The Hall–Kier alpha value is -1.98. The molecule has 0 bridgehead atoms. The minimum Gasteiger partial charge on any atom is -0.488 e. The zero-order chi connectivity index (χ0) is 18.8. The maximum atomic E-state index is 12.4. The summed E-state index contributed by atoms with van der Waals surface area (Å²) in [7, 11) is 0. The van der Waals surface area contributed by atoms with Crippen LogP contribution in [0.1, 0.15) is 35.5 Å². The summed E-state index contributed by atoms with van der Waals surface area (Å²) in [5.41, 5.74) is 1.89. The van der Waals surface area contributed by atoms with Crippen molar-refractivity contribution < 1.29 is 18.7 Å². The third-order valence-electron chi connectivity index (χ3n) is 3.81. The van der Waals surface area contributed by atoms with Gasteiger partial charge in [-0.3, -0.25) is 0 Å². The highest BCUT2D eigenvalue weighted by molar-refractivity contribution is 9.10. The second kappa shape index (κ2) is 7.72. The Kier molecular flexibility index (Phi) is 5.58. The average Bonchev–Trinajstić information content (AvgIpc) is 2.88. The molecule has 0 atom stereocenters. The number of esters is 1. The van der Waals surface area contributed by atoms with E-state index in [1.807, 2.05) is 38.1 Å². The van der Waals surface area contributed by atoms with Crippen LogP contribution in [0.2, 0.25) is 5.02 Å². The molecule has 0 aliphatic carbocycles. The Bertz CT molecular complexity index is 962. The molecule has 4 nitrogen and oxygen atoms in total. The van der Waals surface area contributed by atoms with E-state index in [4.69, 9.17) is 25.5 Å². The largest absolute Gasteiger partial charge is 0.488 e. The van der Waals surface area contributed by atoms with Gasteiger partial charge >= 0.3 is 5.97 Å². The lowest BCUT2D eigenvalue weighted by molar-refractivity contribution is 0.0378. The van der Waals surface area contributed by atoms with Gasteiger partial charge in [-0.05, 0) is 54.9 Å². The van der Waals surface area contributed by atoms with E-state index in [0.717, 1.165) is 10.0 Å². The van der Waals surface area contributed by atoms with Gasteiger partial charge in [-0.2, -0.15) is 0 Å². The molecule has 0 spiro atoms. The maximum absolute atomic E-state index is 12.4. The van der Waals surface area contributed by atoms with E-state index in [2.05, 4.69) is 15.9 Å². The number of rotatable bonds is 5. The van der Waals surface area contributed by atoms with Crippen molar-refractivity contribution >= 4 is 44.5 Å². The molecule has 0 aliphatic rings. The normalized spacial score (nSPS) is 11.2. The monoisotopic (exact) mass is 436 g/mol. The summed E-state index contributed by atoms with van der Waals surface area (Å²) < 4.78 is 17.7. The number of fused-ring (bicyclic) bond motifs is 1. The molecule has 0 radical (unpaired) electrons. The van der Waals surface area contributed by atoms with Crippen molar-refractivity contribution in [2.75, 3.05) is 0 Å². The molecule has 6 heteroatoms. The van der Waals surface area contributed by atoms with Crippen LogP contribution in [0.25, 0.3) is 11.0 Å². The van der Waals surface area contributed by atoms with E-state index in [9.17, 15) is 4.79 Å². The molecule has 2 aromatic carbocycles. The topological polar surface area (TPSA) is 48.7 Å². The molecule has 1 aromatic heterocycles. The second-order valence-corrected chi connectivity index (χ2v) is 7.41. The van der Waals surface area contributed by atoms with Gasteiger partial charge < -0.3 is 13.9 Å². The predicted molar refractivity (Wildman–Crippen MR) is 105 cm³/mol. The Labute approximate surface area is 165 Å². The molecule has 136 valence electrons. The first-order valence-corrected chi connectivity index (χ1v) is 9.33. The minimum atomic E-state index is -0.407. The van der Waals surface area contributed by atoms with E-state index in [0.29, 0.717) is 39.7 Å². The third kappa shape index (κ3) is 3.89. The number of carbonyl (C=O) groups excluding carboxylic acids is 1. The van der Waals surface area contributed by atoms with E-state index in [1.54, 1.807) is 19.1 Å². The number of hydrogen-bond acceptors (Lipinski definition) is 4. The number of furan rings is 1. The first-order valence-electron chi connectivity index (χ1n) is 8.16. The molecule has 3 aromatic rings. The van der Waals surface area contributed by atoms with Crippen molar-refractivity contribution in [3.8, 4) is 5.75 Å². The van der Waals surface area contributed by atoms with Gasteiger partial charge in [0, 0.05) is 16.0 Å². The van der Waals surface area contributed by atoms with Crippen molar-refractivity contribution in [2.24, 2.45) is 0 Å². The van der Waals surface area contributed by atoms with E-state index in [1.165, 1.54) is 0 Å². The number of benzene rings is 2. The zero-order valence-electron chi connectivity index (χ0n) is 14.6. The van der Waals surface area contributed by atoms with Crippen LogP contribution in [0.15, 0.2) is 45.3 Å². The molecule has 1 heterocycles. The number of halogens is 2. The summed E-state index contributed by atoms with van der Waals surface area (Å²) in [6.45, 7) is 5.68. The van der Waals surface area contributed by atoms with E-state index >= 15 is 0 Å². The summed E-state index contributed by atoms with van der Waals surface area (Å²) in [6.07, 6.45) is -0.210. The molecule has 0 saturated carbocycles. The molecule has 0 aliphatic heterocycles. The summed E-state index contributed by atoms with van der Waals surface area (Å²) >= 11 is 9.66. The second-order valence-electron chi connectivity index (χ2n) is 6.15.